The molecule has 2 fully saturated rings. The van der Waals surface area contributed by atoms with Gasteiger partial charge in [0.2, 0.25) is 15.9 Å². The molecule has 1 aromatic rings. The largest absolute Gasteiger partial charge is 0.355 e. The molecule has 2 aliphatic heterocycles. The van der Waals surface area contributed by atoms with Gasteiger partial charge in [0.15, 0.2) is 11.6 Å². The van der Waals surface area contributed by atoms with Crippen molar-refractivity contribution in [3.63, 3.8) is 0 Å². The molecule has 2 aliphatic rings. The summed E-state index contributed by atoms with van der Waals surface area (Å²) in [5, 5.41) is 2.50. The molecule has 1 aromatic carbocycles. The zero-order valence-electron chi connectivity index (χ0n) is 16.2. The number of nitrogens with zero attached hydrogens (tertiary/aromatic N) is 1. The molecule has 2 unspecified atom stereocenters. The van der Waals surface area contributed by atoms with Crippen LogP contribution < -0.4 is 11.1 Å². The fourth-order valence-electron chi connectivity index (χ4n) is 4.58. The highest BCUT2D eigenvalue weighted by Gasteiger charge is 2.47. The number of hydrogen-bond donors (Lipinski definition) is 2. The van der Waals surface area contributed by atoms with Crippen LogP contribution in [-0.2, 0) is 21.2 Å². The van der Waals surface area contributed by atoms with Crippen LogP contribution in [0.1, 0.15) is 38.2 Å². The maximum absolute atomic E-state index is 13.9. The van der Waals surface area contributed by atoms with E-state index in [4.69, 9.17) is 5.73 Å². The number of fused-ring (bicyclic) bond motifs is 2. The van der Waals surface area contributed by atoms with Gasteiger partial charge in [-0.3, -0.25) is 4.79 Å². The number of rotatable bonds is 7. The van der Waals surface area contributed by atoms with E-state index >= 15 is 0 Å². The number of carbonyl (C=O) groups is 1. The van der Waals surface area contributed by atoms with E-state index in [0.717, 1.165) is 18.9 Å². The highest BCUT2D eigenvalue weighted by atomic mass is 32.2. The average molecular weight is 433 g/mol. The van der Waals surface area contributed by atoms with Gasteiger partial charge in [0.25, 0.3) is 0 Å². The molecule has 0 spiro atoms. The standard InChI is InChI=1S/C19H26F3N3O3S/c1-11(26)24-4-5-29(27,28)25-14-2-3-15(25)7-13(6-14)19(23)9-12-8-17(21)18(22)10-16(12)20/h8,10,13-15,19H,2-7,9,23H2,1H3,(H,24,26)/t13?,14-,15+,19?. The van der Waals surface area contributed by atoms with Gasteiger partial charge in [-0.1, -0.05) is 0 Å². The summed E-state index contributed by atoms with van der Waals surface area (Å²) < 4.78 is 67.5. The lowest BCUT2D eigenvalue weighted by molar-refractivity contribution is -0.118. The first kappa shape index (κ1) is 22.0. The predicted octanol–water partition coefficient (Wildman–Crippen LogP) is 1.68. The summed E-state index contributed by atoms with van der Waals surface area (Å²) in [6.07, 6.45) is 2.60. The van der Waals surface area contributed by atoms with Gasteiger partial charge in [0.1, 0.15) is 5.82 Å². The van der Waals surface area contributed by atoms with Crippen LogP contribution in [0.25, 0.3) is 0 Å². The number of nitrogens with two attached hydrogens (primary N) is 1. The van der Waals surface area contributed by atoms with Crippen molar-refractivity contribution in [2.75, 3.05) is 12.3 Å². The van der Waals surface area contributed by atoms with E-state index in [0.29, 0.717) is 18.9 Å². The second-order valence-electron chi connectivity index (χ2n) is 7.97. The minimum Gasteiger partial charge on any atom is -0.355 e. The van der Waals surface area contributed by atoms with Crippen molar-refractivity contribution >= 4 is 15.9 Å². The quantitative estimate of drug-likeness (QED) is 0.640. The number of carbonyl (C=O) groups excluding carboxylic acids is 1. The summed E-state index contributed by atoms with van der Waals surface area (Å²) in [5.74, 6) is -3.67. The average Bonchev–Trinajstić information content (AvgIpc) is 2.90. The molecule has 3 N–H and O–H groups in total. The van der Waals surface area contributed by atoms with E-state index in [-0.39, 0.29) is 48.2 Å². The van der Waals surface area contributed by atoms with Crippen LogP contribution in [-0.4, -0.2) is 49.1 Å². The van der Waals surface area contributed by atoms with Gasteiger partial charge in [0.05, 0.1) is 5.75 Å². The summed E-state index contributed by atoms with van der Waals surface area (Å²) in [4.78, 5) is 11.0. The Morgan fingerprint density at radius 3 is 2.34 bits per heavy atom. The Kier molecular flexibility index (Phi) is 6.54. The summed E-state index contributed by atoms with van der Waals surface area (Å²) in [7, 11) is -3.51. The second-order valence-corrected chi connectivity index (χ2v) is 9.96. The fraction of sp³-hybridized carbons (Fsp3) is 0.632. The molecule has 6 nitrogen and oxygen atoms in total. The van der Waals surface area contributed by atoms with Gasteiger partial charge < -0.3 is 11.1 Å². The summed E-state index contributed by atoms with van der Waals surface area (Å²) in [6.45, 7) is 1.39. The van der Waals surface area contributed by atoms with Crippen LogP contribution >= 0.6 is 0 Å². The maximum atomic E-state index is 13.9. The number of amides is 1. The van der Waals surface area contributed by atoms with Gasteiger partial charge >= 0.3 is 0 Å². The zero-order valence-corrected chi connectivity index (χ0v) is 17.0. The molecular formula is C19H26F3N3O3S. The Hall–Kier alpha value is -1.65. The monoisotopic (exact) mass is 433 g/mol. The van der Waals surface area contributed by atoms with Crippen molar-refractivity contribution < 1.29 is 26.4 Å². The lowest BCUT2D eigenvalue weighted by Crippen LogP contribution is -2.51. The smallest absolute Gasteiger partial charge is 0.216 e. The van der Waals surface area contributed by atoms with Gasteiger partial charge in [-0.2, -0.15) is 4.31 Å². The lowest BCUT2D eigenvalue weighted by Gasteiger charge is -2.40. The molecule has 29 heavy (non-hydrogen) atoms. The van der Waals surface area contributed by atoms with Gasteiger partial charge in [0, 0.05) is 37.7 Å². The van der Waals surface area contributed by atoms with Gasteiger partial charge in [-0.05, 0) is 49.7 Å². The zero-order chi connectivity index (χ0) is 21.3. The number of hydrogen-bond acceptors (Lipinski definition) is 4. The van der Waals surface area contributed by atoms with Crippen molar-refractivity contribution in [1.82, 2.24) is 9.62 Å². The minimum absolute atomic E-state index is 0.0223. The molecule has 3 rings (SSSR count). The Labute approximate surface area is 168 Å². The van der Waals surface area contributed by atoms with E-state index in [9.17, 15) is 26.4 Å². The summed E-state index contributed by atoms with van der Waals surface area (Å²) in [5.41, 5.74) is 6.28. The number of nitrogens with one attached hydrogen (secondary N) is 1. The number of sulfonamides is 1. The molecule has 2 saturated heterocycles. The third-order valence-corrected chi connectivity index (χ3v) is 7.87. The molecule has 2 heterocycles. The second kappa shape index (κ2) is 8.61. The normalized spacial score (nSPS) is 25.8. The first-order valence-electron chi connectivity index (χ1n) is 9.73. The fourth-order valence-corrected chi connectivity index (χ4v) is 6.44. The summed E-state index contributed by atoms with van der Waals surface area (Å²) in [6, 6.07) is 0.511. The first-order valence-corrected chi connectivity index (χ1v) is 11.3. The Bertz CT molecular complexity index is 867. The highest BCUT2D eigenvalue weighted by Crippen LogP contribution is 2.41. The first-order chi connectivity index (χ1) is 13.6. The molecule has 1 amide bonds. The van der Waals surface area contributed by atoms with E-state index in [1.54, 1.807) is 4.31 Å². The number of piperidine rings is 1. The Morgan fingerprint density at radius 1 is 1.17 bits per heavy atom. The van der Waals surface area contributed by atoms with Crippen LogP contribution in [0.3, 0.4) is 0 Å². The Balaban J connectivity index is 1.65. The van der Waals surface area contributed by atoms with Crippen molar-refractivity contribution in [1.29, 1.82) is 0 Å². The third-order valence-electron chi connectivity index (χ3n) is 5.91. The maximum Gasteiger partial charge on any atom is 0.216 e. The van der Waals surface area contributed by atoms with E-state index in [1.165, 1.54) is 6.92 Å². The van der Waals surface area contributed by atoms with E-state index < -0.39 is 33.5 Å². The van der Waals surface area contributed by atoms with Gasteiger partial charge in [-0.15, -0.1) is 0 Å². The molecule has 162 valence electrons. The minimum atomic E-state index is -3.51. The van der Waals surface area contributed by atoms with Crippen molar-refractivity contribution in [2.24, 2.45) is 11.7 Å². The van der Waals surface area contributed by atoms with E-state index in [1.807, 2.05) is 0 Å². The topological polar surface area (TPSA) is 92.5 Å². The molecule has 10 heteroatoms. The van der Waals surface area contributed by atoms with E-state index in [2.05, 4.69) is 5.32 Å². The van der Waals surface area contributed by atoms with Crippen molar-refractivity contribution in [2.45, 2.75) is 57.2 Å². The molecule has 0 aliphatic carbocycles. The van der Waals surface area contributed by atoms with Crippen LogP contribution in [0, 0.1) is 23.4 Å². The lowest BCUT2D eigenvalue weighted by atomic mass is 9.83. The SMILES string of the molecule is CC(=O)NCCS(=O)(=O)N1[C@@H]2CC[C@H]1CC(C(N)Cc1cc(F)c(F)cc1F)C2. The van der Waals surface area contributed by atoms with Crippen LogP contribution in [0.15, 0.2) is 12.1 Å². The van der Waals surface area contributed by atoms with Crippen LogP contribution in [0.5, 0.6) is 0 Å². The molecule has 2 bridgehead atoms. The van der Waals surface area contributed by atoms with Crippen LogP contribution in [0.2, 0.25) is 0 Å². The highest BCUT2D eigenvalue weighted by molar-refractivity contribution is 7.89. The summed E-state index contributed by atoms with van der Waals surface area (Å²) >= 11 is 0. The van der Waals surface area contributed by atoms with Gasteiger partial charge in [-0.25, -0.2) is 21.6 Å². The molecule has 4 atom stereocenters. The molecule has 0 radical (unpaired) electrons. The van der Waals surface area contributed by atoms with Crippen LogP contribution in [0.4, 0.5) is 13.2 Å². The van der Waals surface area contributed by atoms with Crippen molar-refractivity contribution in [3.8, 4) is 0 Å². The predicted molar refractivity (Wildman–Crippen MR) is 102 cm³/mol. The number of halogens is 3. The third kappa shape index (κ3) is 4.92. The Morgan fingerprint density at radius 2 is 1.76 bits per heavy atom. The number of benzene rings is 1. The molecule has 0 saturated carbocycles. The molecular weight excluding hydrogens is 407 g/mol. The van der Waals surface area contributed by atoms with Crippen molar-refractivity contribution in [3.05, 3.63) is 35.1 Å². The molecule has 0 aromatic heterocycles.